The lowest BCUT2D eigenvalue weighted by molar-refractivity contribution is 0.397. The van der Waals surface area contributed by atoms with E-state index in [-0.39, 0.29) is 12.3 Å². The number of nitrogens with zero attached hydrogens (tertiary/aromatic N) is 3. The first-order valence-corrected chi connectivity index (χ1v) is 6.57. The number of ether oxygens (including phenoxy) is 1. The van der Waals surface area contributed by atoms with Crippen molar-refractivity contribution >= 4 is 15.8 Å². The standard InChI is InChI=1S/C9H16N4O3S/c1-13(2)17(14,15)5-4-10-8-6-9(16-3)12-7-11-8/h6-7H,4-5H2,1-3H3,(H,10,11,12). The lowest BCUT2D eigenvalue weighted by Crippen LogP contribution is -2.28. The van der Waals surface area contributed by atoms with Gasteiger partial charge in [-0.2, -0.15) is 0 Å². The van der Waals surface area contributed by atoms with E-state index in [1.807, 2.05) is 0 Å². The summed E-state index contributed by atoms with van der Waals surface area (Å²) in [5.41, 5.74) is 0. The SMILES string of the molecule is COc1cc(NCCS(=O)(=O)N(C)C)ncn1. The lowest BCUT2D eigenvalue weighted by atomic mass is 10.5. The van der Waals surface area contributed by atoms with E-state index >= 15 is 0 Å². The Bertz CT molecular complexity index is 461. The van der Waals surface area contributed by atoms with Gasteiger partial charge in [0, 0.05) is 26.7 Å². The highest BCUT2D eigenvalue weighted by Crippen LogP contribution is 2.09. The molecule has 0 bridgehead atoms. The normalized spacial score (nSPS) is 11.5. The molecule has 1 heterocycles. The zero-order valence-electron chi connectivity index (χ0n) is 10.0. The summed E-state index contributed by atoms with van der Waals surface area (Å²) in [5, 5.41) is 2.89. The summed E-state index contributed by atoms with van der Waals surface area (Å²) >= 11 is 0. The highest BCUT2D eigenvalue weighted by Gasteiger charge is 2.12. The van der Waals surface area contributed by atoms with E-state index < -0.39 is 10.0 Å². The molecule has 7 nitrogen and oxygen atoms in total. The third kappa shape index (κ3) is 4.16. The molecular formula is C9H16N4O3S. The van der Waals surface area contributed by atoms with E-state index in [9.17, 15) is 8.42 Å². The number of aromatic nitrogens is 2. The Morgan fingerprint density at radius 2 is 2.12 bits per heavy atom. The van der Waals surface area contributed by atoms with Crippen molar-refractivity contribution in [3.63, 3.8) is 0 Å². The van der Waals surface area contributed by atoms with Gasteiger partial charge < -0.3 is 10.1 Å². The second-order valence-electron chi connectivity index (χ2n) is 3.47. The summed E-state index contributed by atoms with van der Waals surface area (Å²) in [6, 6.07) is 1.60. The molecule has 0 fully saturated rings. The molecule has 0 aliphatic carbocycles. The maximum atomic E-state index is 11.5. The fraction of sp³-hybridized carbons (Fsp3) is 0.556. The molecule has 1 aromatic rings. The molecule has 1 N–H and O–H groups in total. The number of nitrogens with one attached hydrogen (secondary N) is 1. The minimum absolute atomic E-state index is 0.00627. The van der Waals surface area contributed by atoms with Crippen molar-refractivity contribution in [2.75, 3.05) is 38.8 Å². The fourth-order valence-corrected chi connectivity index (χ4v) is 1.76. The van der Waals surface area contributed by atoms with Crippen molar-refractivity contribution in [3.8, 4) is 5.88 Å². The van der Waals surface area contributed by atoms with Gasteiger partial charge in [-0.3, -0.25) is 0 Å². The lowest BCUT2D eigenvalue weighted by Gasteiger charge is -2.11. The van der Waals surface area contributed by atoms with Crippen LogP contribution in [0.3, 0.4) is 0 Å². The zero-order chi connectivity index (χ0) is 12.9. The first kappa shape index (κ1) is 13.7. The third-order valence-electron chi connectivity index (χ3n) is 2.07. The zero-order valence-corrected chi connectivity index (χ0v) is 10.9. The maximum absolute atomic E-state index is 11.5. The average molecular weight is 260 g/mol. The van der Waals surface area contributed by atoms with E-state index in [1.54, 1.807) is 6.07 Å². The molecule has 0 spiro atoms. The van der Waals surface area contributed by atoms with E-state index in [2.05, 4.69) is 15.3 Å². The molecule has 17 heavy (non-hydrogen) atoms. The molecule has 1 rings (SSSR count). The van der Waals surface area contributed by atoms with Gasteiger partial charge in [0.2, 0.25) is 15.9 Å². The fourth-order valence-electron chi connectivity index (χ4n) is 1.04. The van der Waals surface area contributed by atoms with Gasteiger partial charge in [-0.1, -0.05) is 0 Å². The van der Waals surface area contributed by atoms with E-state index in [4.69, 9.17) is 4.74 Å². The molecule has 1 aromatic heterocycles. The Balaban J connectivity index is 2.51. The molecule has 0 aliphatic heterocycles. The number of sulfonamides is 1. The molecule has 0 saturated carbocycles. The molecule has 0 atom stereocenters. The summed E-state index contributed by atoms with van der Waals surface area (Å²) in [5.74, 6) is 0.968. The Morgan fingerprint density at radius 1 is 1.41 bits per heavy atom. The van der Waals surface area contributed by atoms with Gasteiger partial charge in [-0.05, 0) is 0 Å². The second-order valence-corrected chi connectivity index (χ2v) is 5.77. The van der Waals surface area contributed by atoms with Gasteiger partial charge in [0.1, 0.15) is 12.1 Å². The van der Waals surface area contributed by atoms with Gasteiger partial charge in [0.15, 0.2) is 0 Å². The molecule has 96 valence electrons. The maximum Gasteiger partial charge on any atom is 0.218 e. The summed E-state index contributed by atoms with van der Waals surface area (Å²) in [6.07, 6.45) is 1.35. The van der Waals surface area contributed by atoms with Crippen LogP contribution in [0.2, 0.25) is 0 Å². The molecule has 8 heteroatoms. The van der Waals surface area contributed by atoms with Gasteiger partial charge in [0.05, 0.1) is 12.9 Å². The average Bonchev–Trinajstić information content (AvgIpc) is 2.29. The molecule has 0 saturated heterocycles. The first-order chi connectivity index (χ1) is 7.95. The quantitative estimate of drug-likeness (QED) is 0.761. The van der Waals surface area contributed by atoms with Crippen LogP contribution in [-0.2, 0) is 10.0 Å². The molecular weight excluding hydrogens is 244 g/mol. The van der Waals surface area contributed by atoms with E-state index in [0.29, 0.717) is 11.7 Å². The van der Waals surface area contributed by atoms with Crippen LogP contribution in [0.15, 0.2) is 12.4 Å². The monoisotopic (exact) mass is 260 g/mol. The Labute approximate surface area is 101 Å². The first-order valence-electron chi connectivity index (χ1n) is 4.96. The van der Waals surface area contributed by atoms with Crippen LogP contribution in [0, 0.1) is 0 Å². The molecule has 0 aromatic carbocycles. The van der Waals surface area contributed by atoms with Crippen molar-refractivity contribution in [2.24, 2.45) is 0 Å². The van der Waals surface area contributed by atoms with Gasteiger partial charge in [-0.25, -0.2) is 22.7 Å². The molecule has 0 unspecified atom stereocenters. The van der Waals surface area contributed by atoms with Crippen molar-refractivity contribution < 1.29 is 13.2 Å². The highest BCUT2D eigenvalue weighted by atomic mass is 32.2. The topological polar surface area (TPSA) is 84.4 Å². The van der Waals surface area contributed by atoms with E-state index in [1.165, 1.54) is 31.8 Å². The van der Waals surface area contributed by atoms with E-state index in [0.717, 1.165) is 0 Å². The Hall–Kier alpha value is -1.41. The summed E-state index contributed by atoms with van der Waals surface area (Å²) in [7, 11) is 1.32. The summed E-state index contributed by atoms with van der Waals surface area (Å²) in [6.45, 7) is 0.278. The van der Waals surface area contributed by atoms with Crippen LogP contribution in [-0.4, -0.2) is 56.2 Å². The predicted molar refractivity (Wildman–Crippen MR) is 64.5 cm³/mol. The third-order valence-corrected chi connectivity index (χ3v) is 3.91. The van der Waals surface area contributed by atoms with Crippen LogP contribution in [0.4, 0.5) is 5.82 Å². The van der Waals surface area contributed by atoms with Gasteiger partial charge >= 0.3 is 0 Å². The number of hydrogen-bond acceptors (Lipinski definition) is 6. The Kier molecular flexibility index (Phi) is 4.64. The minimum atomic E-state index is -3.19. The second kappa shape index (κ2) is 5.78. The van der Waals surface area contributed by atoms with Crippen LogP contribution < -0.4 is 10.1 Å². The Morgan fingerprint density at radius 3 is 2.71 bits per heavy atom. The number of methoxy groups -OCH3 is 1. The van der Waals surface area contributed by atoms with Gasteiger partial charge in [0.25, 0.3) is 0 Å². The predicted octanol–water partition coefficient (Wildman–Crippen LogP) is -0.211. The number of hydrogen-bond donors (Lipinski definition) is 1. The van der Waals surface area contributed by atoms with Crippen molar-refractivity contribution in [1.82, 2.24) is 14.3 Å². The minimum Gasteiger partial charge on any atom is -0.481 e. The number of anilines is 1. The van der Waals surface area contributed by atoms with Crippen LogP contribution in [0.25, 0.3) is 0 Å². The smallest absolute Gasteiger partial charge is 0.218 e. The van der Waals surface area contributed by atoms with Gasteiger partial charge in [-0.15, -0.1) is 0 Å². The van der Waals surface area contributed by atoms with Crippen LogP contribution in [0.1, 0.15) is 0 Å². The van der Waals surface area contributed by atoms with Crippen molar-refractivity contribution in [2.45, 2.75) is 0 Å². The molecule has 0 amide bonds. The van der Waals surface area contributed by atoms with Crippen molar-refractivity contribution in [3.05, 3.63) is 12.4 Å². The van der Waals surface area contributed by atoms with Crippen LogP contribution >= 0.6 is 0 Å². The van der Waals surface area contributed by atoms with Crippen LogP contribution in [0.5, 0.6) is 5.88 Å². The summed E-state index contributed by atoms with van der Waals surface area (Å²) in [4.78, 5) is 7.78. The highest BCUT2D eigenvalue weighted by molar-refractivity contribution is 7.89. The van der Waals surface area contributed by atoms with Crippen molar-refractivity contribution in [1.29, 1.82) is 0 Å². The summed E-state index contributed by atoms with van der Waals surface area (Å²) < 4.78 is 29.1. The molecule has 0 aliphatic rings. The molecule has 0 radical (unpaired) electrons. The largest absolute Gasteiger partial charge is 0.481 e. The number of rotatable bonds is 6.